The zero-order chi connectivity index (χ0) is 15.8. The fourth-order valence-corrected chi connectivity index (χ4v) is 2.21. The maximum absolute atomic E-state index is 10.5. The molecule has 0 spiro atoms. The summed E-state index contributed by atoms with van der Waals surface area (Å²) in [5, 5.41) is 10.5. The Morgan fingerprint density at radius 1 is 1.09 bits per heavy atom. The highest BCUT2D eigenvalue weighted by Crippen LogP contribution is 2.32. The van der Waals surface area contributed by atoms with Gasteiger partial charge in [-0.1, -0.05) is 42.5 Å². The van der Waals surface area contributed by atoms with Gasteiger partial charge in [0.05, 0.1) is 7.11 Å². The molecule has 0 saturated heterocycles. The van der Waals surface area contributed by atoms with E-state index in [-0.39, 0.29) is 11.5 Å². The van der Waals surface area contributed by atoms with Crippen LogP contribution in [0.1, 0.15) is 17.5 Å². The number of para-hydroxylation sites is 1. The average Bonchev–Trinajstić information content (AvgIpc) is 2.54. The normalized spacial score (nSPS) is 10.2. The molecule has 2 aromatic rings. The van der Waals surface area contributed by atoms with Gasteiger partial charge < -0.3 is 9.47 Å². The van der Waals surface area contributed by atoms with Gasteiger partial charge in [-0.3, -0.25) is 10.1 Å². The van der Waals surface area contributed by atoms with E-state index in [0.29, 0.717) is 30.9 Å². The minimum Gasteiger partial charge on any atom is -0.493 e. The van der Waals surface area contributed by atoms with Gasteiger partial charge in [-0.15, -0.1) is 0 Å². The van der Waals surface area contributed by atoms with E-state index < -0.39 is 0 Å². The van der Waals surface area contributed by atoms with Crippen molar-refractivity contribution in [3.8, 4) is 11.5 Å². The van der Waals surface area contributed by atoms with E-state index in [9.17, 15) is 10.1 Å². The summed E-state index contributed by atoms with van der Waals surface area (Å²) >= 11 is 0. The van der Waals surface area contributed by atoms with Gasteiger partial charge in [0.25, 0.3) is 0 Å². The van der Waals surface area contributed by atoms with Gasteiger partial charge in [0.15, 0.2) is 11.5 Å². The molecule has 0 N–H and O–H groups in total. The van der Waals surface area contributed by atoms with Gasteiger partial charge in [-0.05, 0) is 23.6 Å². The first-order valence-corrected chi connectivity index (χ1v) is 7.15. The van der Waals surface area contributed by atoms with Gasteiger partial charge in [-0.2, -0.15) is 0 Å². The number of hydrogen-bond acceptors (Lipinski definition) is 4. The van der Waals surface area contributed by atoms with Crippen LogP contribution in [0, 0.1) is 10.1 Å². The van der Waals surface area contributed by atoms with Crippen LogP contribution >= 0.6 is 0 Å². The van der Waals surface area contributed by atoms with Crippen LogP contribution in [0.4, 0.5) is 0 Å². The monoisotopic (exact) mass is 301 g/mol. The second-order valence-electron chi connectivity index (χ2n) is 4.88. The van der Waals surface area contributed by atoms with Crippen LogP contribution in [0.5, 0.6) is 11.5 Å². The van der Waals surface area contributed by atoms with Crippen LogP contribution in [-0.2, 0) is 13.0 Å². The predicted octanol–water partition coefficient (Wildman–Crippen LogP) is 3.48. The minimum absolute atomic E-state index is 0.0463. The first-order valence-electron chi connectivity index (χ1n) is 7.15. The number of benzene rings is 2. The molecule has 0 unspecified atom stereocenters. The van der Waals surface area contributed by atoms with Gasteiger partial charge in [0.2, 0.25) is 6.54 Å². The summed E-state index contributed by atoms with van der Waals surface area (Å²) in [5.41, 5.74) is 1.99. The Bertz CT molecular complexity index is 613. The third-order valence-electron chi connectivity index (χ3n) is 3.29. The van der Waals surface area contributed by atoms with Crippen molar-refractivity contribution in [1.29, 1.82) is 0 Å². The van der Waals surface area contributed by atoms with Gasteiger partial charge >= 0.3 is 0 Å². The number of hydrogen-bond donors (Lipinski definition) is 0. The molecule has 0 aliphatic rings. The Kier molecular flexibility index (Phi) is 5.77. The molecule has 0 fully saturated rings. The minimum atomic E-state index is -0.301. The Hall–Kier alpha value is -2.56. The number of aryl methyl sites for hydroxylation is 1. The fourth-order valence-electron chi connectivity index (χ4n) is 2.21. The zero-order valence-corrected chi connectivity index (χ0v) is 12.5. The molecule has 2 rings (SSSR count). The van der Waals surface area contributed by atoms with E-state index in [0.717, 1.165) is 11.1 Å². The SMILES string of the molecule is COc1cccc(CCC[N+](=O)[O-])c1OCc1ccccc1. The number of nitro groups is 1. The summed E-state index contributed by atoms with van der Waals surface area (Å²) in [6.45, 7) is 0.388. The van der Waals surface area contributed by atoms with Crippen molar-refractivity contribution in [1.82, 2.24) is 0 Å². The molecule has 0 amide bonds. The second-order valence-corrected chi connectivity index (χ2v) is 4.88. The molecular formula is C17H19NO4. The average molecular weight is 301 g/mol. The summed E-state index contributed by atoms with van der Waals surface area (Å²) in [6, 6.07) is 15.5. The molecule has 0 aliphatic carbocycles. The summed E-state index contributed by atoms with van der Waals surface area (Å²) in [4.78, 5) is 10.2. The Morgan fingerprint density at radius 3 is 2.55 bits per heavy atom. The van der Waals surface area contributed by atoms with E-state index in [1.807, 2.05) is 48.5 Å². The number of ether oxygens (including phenoxy) is 2. The summed E-state index contributed by atoms with van der Waals surface area (Å²) in [5.74, 6) is 1.31. The van der Waals surface area contributed by atoms with Crippen LogP contribution in [0.3, 0.4) is 0 Å². The van der Waals surface area contributed by atoms with Crippen molar-refractivity contribution in [2.45, 2.75) is 19.4 Å². The Labute approximate surface area is 129 Å². The summed E-state index contributed by atoms with van der Waals surface area (Å²) < 4.78 is 11.3. The van der Waals surface area contributed by atoms with Gasteiger partial charge in [0, 0.05) is 11.3 Å². The van der Waals surface area contributed by atoms with Gasteiger partial charge in [-0.25, -0.2) is 0 Å². The first-order chi connectivity index (χ1) is 10.7. The molecule has 0 aliphatic heterocycles. The molecule has 0 aromatic heterocycles. The maximum Gasteiger partial charge on any atom is 0.204 e. The van der Waals surface area contributed by atoms with Crippen molar-refractivity contribution in [2.75, 3.05) is 13.7 Å². The molecular weight excluding hydrogens is 282 g/mol. The summed E-state index contributed by atoms with van der Waals surface area (Å²) in [7, 11) is 1.59. The lowest BCUT2D eigenvalue weighted by Gasteiger charge is -2.15. The number of nitrogens with zero attached hydrogens (tertiary/aromatic N) is 1. The quantitative estimate of drug-likeness (QED) is 0.553. The summed E-state index contributed by atoms with van der Waals surface area (Å²) in [6.07, 6.45) is 1.06. The standard InChI is InChI=1S/C17H19NO4/c1-21-16-11-5-9-15(10-6-12-18(19)20)17(16)22-13-14-7-3-2-4-8-14/h2-5,7-9,11H,6,10,12-13H2,1H3. The largest absolute Gasteiger partial charge is 0.493 e. The predicted molar refractivity (Wildman–Crippen MR) is 84.0 cm³/mol. The molecule has 22 heavy (non-hydrogen) atoms. The molecule has 0 saturated carbocycles. The number of rotatable bonds is 8. The van der Waals surface area contributed by atoms with Crippen LogP contribution in [0.2, 0.25) is 0 Å². The highest BCUT2D eigenvalue weighted by molar-refractivity contribution is 5.46. The highest BCUT2D eigenvalue weighted by Gasteiger charge is 2.11. The Morgan fingerprint density at radius 2 is 1.86 bits per heavy atom. The third-order valence-corrected chi connectivity index (χ3v) is 3.29. The van der Waals surface area contributed by atoms with E-state index in [4.69, 9.17) is 9.47 Å². The van der Waals surface area contributed by atoms with Crippen LogP contribution in [0.15, 0.2) is 48.5 Å². The van der Waals surface area contributed by atoms with Crippen LogP contribution in [-0.4, -0.2) is 18.6 Å². The lowest BCUT2D eigenvalue weighted by atomic mass is 10.1. The molecule has 0 radical (unpaired) electrons. The molecule has 116 valence electrons. The number of methoxy groups -OCH3 is 1. The maximum atomic E-state index is 10.5. The van der Waals surface area contributed by atoms with E-state index in [1.165, 1.54) is 0 Å². The van der Waals surface area contributed by atoms with Crippen LogP contribution in [0.25, 0.3) is 0 Å². The lowest BCUT2D eigenvalue weighted by Crippen LogP contribution is -2.05. The molecule has 0 bridgehead atoms. The van der Waals surface area contributed by atoms with Crippen molar-refractivity contribution in [3.05, 3.63) is 69.8 Å². The molecule has 0 heterocycles. The topological polar surface area (TPSA) is 61.6 Å². The second kappa shape index (κ2) is 8.02. The van der Waals surface area contributed by atoms with Crippen molar-refractivity contribution >= 4 is 0 Å². The lowest BCUT2D eigenvalue weighted by molar-refractivity contribution is -0.480. The van der Waals surface area contributed by atoms with E-state index in [2.05, 4.69) is 0 Å². The van der Waals surface area contributed by atoms with E-state index in [1.54, 1.807) is 7.11 Å². The Balaban J connectivity index is 2.10. The fraction of sp³-hybridized carbons (Fsp3) is 0.294. The van der Waals surface area contributed by atoms with Crippen LogP contribution < -0.4 is 9.47 Å². The van der Waals surface area contributed by atoms with E-state index >= 15 is 0 Å². The first kappa shape index (κ1) is 15.8. The molecule has 5 nitrogen and oxygen atoms in total. The zero-order valence-electron chi connectivity index (χ0n) is 12.5. The van der Waals surface area contributed by atoms with Gasteiger partial charge in [0.1, 0.15) is 6.61 Å². The highest BCUT2D eigenvalue weighted by atomic mass is 16.6. The van der Waals surface area contributed by atoms with Crippen molar-refractivity contribution < 1.29 is 14.4 Å². The smallest absolute Gasteiger partial charge is 0.204 e. The van der Waals surface area contributed by atoms with Crippen molar-refractivity contribution in [2.24, 2.45) is 0 Å². The molecule has 2 aromatic carbocycles. The third kappa shape index (κ3) is 4.48. The van der Waals surface area contributed by atoms with Crippen molar-refractivity contribution in [3.63, 3.8) is 0 Å². The molecule has 5 heteroatoms. The molecule has 0 atom stereocenters.